The van der Waals surface area contributed by atoms with Gasteiger partial charge in [0.25, 0.3) is 5.91 Å². The number of anilines is 1. The molecule has 2 aromatic rings. The fourth-order valence-electron chi connectivity index (χ4n) is 2.74. The van der Waals surface area contributed by atoms with Crippen molar-refractivity contribution >= 4 is 11.6 Å². The molecule has 1 aliphatic carbocycles. The van der Waals surface area contributed by atoms with E-state index in [1.807, 2.05) is 4.90 Å². The molecule has 0 unspecified atom stereocenters. The van der Waals surface area contributed by atoms with Crippen molar-refractivity contribution in [3.05, 3.63) is 53.1 Å². The maximum Gasteiger partial charge on any atom is 0.297 e. The summed E-state index contributed by atoms with van der Waals surface area (Å²) in [5, 5.41) is 28.5. The molecule has 0 bridgehead atoms. The first-order valence-electron chi connectivity index (χ1n) is 7.82. The highest BCUT2D eigenvalue weighted by Gasteiger charge is 2.30. The van der Waals surface area contributed by atoms with Crippen LogP contribution in [0.5, 0.6) is 5.75 Å². The lowest BCUT2D eigenvalue weighted by Gasteiger charge is -2.26. The zero-order valence-electron chi connectivity index (χ0n) is 13.3. The van der Waals surface area contributed by atoms with Gasteiger partial charge < -0.3 is 15.1 Å². The van der Waals surface area contributed by atoms with Crippen LogP contribution in [0.25, 0.3) is 0 Å². The molecule has 0 atom stereocenters. The third-order valence-electron chi connectivity index (χ3n) is 4.21. The second kappa shape index (κ2) is 7.04. The van der Waals surface area contributed by atoms with Crippen LogP contribution >= 0.6 is 0 Å². The molecule has 3 rings (SSSR count). The standard InChI is InChI=1S/C17H18FN3O4/c18-11-1-3-12(4-2-11)21(13-5-6-13)8-10-7-19-15(17(24)20-25)16(23)14(10)9-22/h1-4,7,13,22-23,25H,5-6,8-9H2,(H,20,24). The number of hydrogen-bond donors (Lipinski definition) is 4. The Morgan fingerprint density at radius 3 is 2.56 bits per heavy atom. The first-order chi connectivity index (χ1) is 12.0. The van der Waals surface area contributed by atoms with Crippen LogP contribution in [0, 0.1) is 5.82 Å². The number of carbonyl (C=O) groups is 1. The molecule has 132 valence electrons. The summed E-state index contributed by atoms with van der Waals surface area (Å²) in [7, 11) is 0. The summed E-state index contributed by atoms with van der Waals surface area (Å²) in [5.74, 6) is -1.76. The summed E-state index contributed by atoms with van der Waals surface area (Å²) in [4.78, 5) is 17.4. The van der Waals surface area contributed by atoms with E-state index in [1.54, 1.807) is 12.1 Å². The highest BCUT2D eigenvalue weighted by Crippen LogP contribution is 2.35. The molecule has 8 heteroatoms. The summed E-state index contributed by atoms with van der Waals surface area (Å²) in [6.07, 6.45) is 3.38. The summed E-state index contributed by atoms with van der Waals surface area (Å²) in [6, 6.07) is 6.39. The lowest BCUT2D eigenvalue weighted by Crippen LogP contribution is -2.26. The first kappa shape index (κ1) is 17.1. The van der Waals surface area contributed by atoms with Gasteiger partial charge in [0.2, 0.25) is 0 Å². The fraction of sp³-hybridized carbons (Fsp3) is 0.294. The van der Waals surface area contributed by atoms with Crippen molar-refractivity contribution in [2.24, 2.45) is 0 Å². The Labute approximate surface area is 143 Å². The predicted molar refractivity (Wildman–Crippen MR) is 86.7 cm³/mol. The van der Waals surface area contributed by atoms with Crippen LogP contribution in [-0.2, 0) is 13.2 Å². The van der Waals surface area contributed by atoms with Crippen LogP contribution in [0.15, 0.2) is 30.5 Å². The van der Waals surface area contributed by atoms with E-state index in [1.165, 1.54) is 23.8 Å². The van der Waals surface area contributed by atoms with E-state index in [0.29, 0.717) is 18.2 Å². The number of halogens is 1. The van der Waals surface area contributed by atoms with E-state index in [2.05, 4.69) is 4.98 Å². The molecule has 1 aliphatic rings. The van der Waals surface area contributed by atoms with Crippen LogP contribution in [0.1, 0.15) is 34.5 Å². The van der Waals surface area contributed by atoms with Crippen LogP contribution in [0.3, 0.4) is 0 Å². The van der Waals surface area contributed by atoms with Crippen molar-refractivity contribution in [1.82, 2.24) is 10.5 Å². The van der Waals surface area contributed by atoms with Crippen LogP contribution in [0.2, 0.25) is 0 Å². The average Bonchev–Trinajstić information content (AvgIpc) is 3.45. The molecule has 4 N–H and O–H groups in total. The zero-order chi connectivity index (χ0) is 18.0. The molecular formula is C17H18FN3O4. The van der Waals surface area contributed by atoms with Gasteiger partial charge in [-0.15, -0.1) is 0 Å². The lowest BCUT2D eigenvalue weighted by molar-refractivity contribution is 0.0697. The largest absolute Gasteiger partial charge is 0.505 e. The number of benzene rings is 1. The van der Waals surface area contributed by atoms with Gasteiger partial charge in [0.05, 0.1) is 6.61 Å². The number of nitrogens with zero attached hydrogens (tertiary/aromatic N) is 2. The zero-order valence-corrected chi connectivity index (χ0v) is 13.3. The minimum Gasteiger partial charge on any atom is -0.505 e. The molecule has 1 aromatic heterocycles. The highest BCUT2D eigenvalue weighted by molar-refractivity contribution is 5.94. The van der Waals surface area contributed by atoms with E-state index >= 15 is 0 Å². The van der Waals surface area contributed by atoms with E-state index in [-0.39, 0.29) is 17.1 Å². The predicted octanol–water partition coefficient (Wildman–Crippen LogP) is 1.71. The maximum absolute atomic E-state index is 13.2. The van der Waals surface area contributed by atoms with Crippen molar-refractivity contribution in [3.8, 4) is 5.75 Å². The smallest absolute Gasteiger partial charge is 0.297 e. The molecule has 0 aliphatic heterocycles. The number of hydrogen-bond acceptors (Lipinski definition) is 6. The molecule has 0 saturated heterocycles. The minimum atomic E-state index is -0.962. The number of aromatic hydroxyl groups is 1. The molecule has 0 spiro atoms. The van der Waals surface area contributed by atoms with Gasteiger partial charge in [0.1, 0.15) is 5.82 Å². The number of aliphatic hydroxyl groups excluding tert-OH is 1. The van der Waals surface area contributed by atoms with Gasteiger partial charge in [-0.1, -0.05) is 0 Å². The normalized spacial score (nSPS) is 13.6. The Balaban J connectivity index is 1.93. The summed E-state index contributed by atoms with van der Waals surface area (Å²) in [5.41, 5.74) is 2.58. The number of carbonyl (C=O) groups excluding carboxylic acids is 1. The fourth-order valence-corrected chi connectivity index (χ4v) is 2.74. The Morgan fingerprint density at radius 2 is 2.00 bits per heavy atom. The Kier molecular flexibility index (Phi) is 4.82. The van der Waals surface area contributed by atoms with Crippen molar-refractivity contribution in [2.45, 2.75) is 32.0 Å². The average molecular weight is 347 g/mol. The number of rotatable bonds is 6. The van der Waals surface area contributed by atoms with Gasteiger partial charge in [-0.3, -0.25) is 10.0 Å². The van der Waals surface area contributed by atoms with E-state index in [0.717, 1.165) is 18.5 Å². The van der Waals surface area contributed by atoms with E-state index in [9.17, 15) is 19.4 Å². The molecule has 1 aromatic carbocycles. The first-order valence-corrected chi connectivity index (χ1v) is 7.82. The monoisotopic (exact) mass is 347 g/mol. The summed E-state index contributed by atoms with van der Waals surface area (Å²) < 4.78 is 13.2. The number of aliphatic hydroxyl groups is 1. The number of nitrogens with one attached hydrogen (secondary N) is 1. The second-order valence-corrected chi connectivity index (χ2v) is 5.89. The Hall–Kier alpha value is -2.71. The second-order valence-electron chi connectivity index (χ2n) is 5.89. The van der Waals surface area contributed by atoms with Gasteiger partial charge in [0.15, 0.2) is 11.4 Å². The molecule has 1 saturated carbocycles. The molecule has 7 nitrogen and oxygen atoms in total. The molecule has 1 fully saturated rings. The van der Waals surface area contributed by atoms with Crippen molar-refractivity contribution in [1.29, 1.82) is 0 Å². The summed E-state index contributed by atoms with van der Waals surface area (Å²) >= 11 is 0. The third kappa shape index (κ3) is 3.54. The van der Waals surface area contributed by atoms with E-state index in [4.69, 9.17) is 5.21 Å². The van der Waals surface area contributed by atoms with Gasteiger partial charge in [-0.25, -0.2) is 14.9 Å². The van der Waals surface area contributed by atoms with Crippen molar-refractivity contribution in [3.63, 3.8) is 0 Å². The van der Waals surface area contributed by atoms with Gasteiger partial charge >= 0.3 is 0 Å². The van der Waals surface area contributed by atoms with Crippen molar-refractivity contribution < 1.29 is 24.6 Å². The van der Waals surface area contributed by atoms with Gasteiger partial charge in [-0.05, 0) is 42.7 Å². The highest BCUT2D eigenvalue weighted by atomic mass is 19.1. The maximum atomic E-state index is 13.2. The quantitative estimate of drug-likeness (QED) is 0.468. The summed E-state index contributed by atoms with van der Waals surface area (Å²) in [6.45, 7) is -0.148. The van der Waals surface area contributed by atoms with Crippen LogP contribution in [-0.4, -0.2) is 32.4 Å². The molecule has 1 amide bonds. The van der Waals surface area contributed by atoms with Crippen LogP contribution < -0.4 is 10.4 Å². The molecule has 1 heterocycles. The molecule has 0 radical (unpaired) electrons. The lowest BCUT2D eigenvalue weighted by atomic mass is 10.1. The van der Waals surface area contributed by atoms with E-state index < -0.39 is 18.3 Å². The number of aromatic nitrogens is 1. The Bertz CT molecular complexity index is 778. The Morgan fingerprint density at radius 1 is 1.32 bits per heavy atom. The van der Waals surface area contributed by atoms with Gasteiger partial charge in [0, 0.05) is 30.0 Å². The van der Waals surface area contributed by atoms with Crippen LogP contribution in [0.4, 0.5) is 10.1 Å². The van der Waals surface area contributed by atoms with Crippen molar-refractivity contribution in [2.75, 3.05) is 4.90 Å². The SMILES string of the molecule is O=C(NO)c1ncc(CN(c2ccc(F)cc2)C2CC2)c(CO)c1O. The minimum absolute atomic E-state index is 0.168. The molecular weight excluding hydrogens is 329 g/mol. The number of pyridine rings is 1. The van der Waals surface area contributed by atoms with Gasteiger partial charge in [-0.2, -0.15) is 0 Å². The number of amides is 1. The number of hydroxylamine groups is 1. The topological polar surface area (TPSA) is 106 Å². The third-order valence-corrected chi connectivity index (χ3v) is 4.21. The molecule has 25 heavy (non-hydrogen) atoms.